The highest BCUT2D eigenvalue weighted by Gasteiger charge is 2.31. The molecular weight excluding hydrogens is 212 g/mol. The lowest BCUT2D eigenvalue weighted by Crippen LogP contribution is -2.23. The molecule has 0 bridgehead atoms. The molecule has 1 atom stereocenters. The maximum absolute atomic E-state index is 11.7. The Morgan fingerprint density at radius 2 is 2.44 bits per heavy atom. The van der Waals surface area contributed by atoms with Crippen LogP contribution < -0.4 is 5.73 Å². The van der Waals surface area contributed by atoms with Crippen molar-refractivity contribution in [2.24, 2.45) is 7.05 Å². The number of carbonyl (C=O) groups is 2. The Labute approximate surface area is 91.9 Å². The first-order valence-electron chi connectivity index (χ1n) is 4.87. The first-order chi connectivity index (χ1) is 7.58. The van der Waals surface area contributed by atoms with Crippen LogP contribution in [0.5, 0.6) is 0 Å². The highest BCUT2D eigenvalue weighted by atomic mass is 16.6. The van der Waals surface area contributed by atoms with Crippen molar-refractivity contribution in [2.75, 3.05) is 12.3 Å². The van der Waals surface area contributed by atoms with Gasteiger partial charge in [0.15, 0.2) is 0 Å². The Bertz CT molecular complexity index is 438. The molecule has 1 unspecified atom stereocenters. The zero-order valence-electron chi connectivity index (χ0n) is 8.80. The molecule has 0 spiro atoms. The fourth-order valence-electron chi connectivity index (χ4n) is 1.57. The van der Waals surface area contributed by atoms with E-state index < -0.39 is 18.0 Å². The molecule has 2 heterocycles. The Hall–Kier alpha value is -1.98. The summed E-state index contributed by atoms with van der Waals surface area (Å²) in [5, 5.41) is 0. The number of hydrogen-bond donors (Lipinski definition) is 1. The van der Waals surface area contributed by atoms with E-state index in [1.807, 2.05) is 0 Å². The maximum atomic E-state index is 11.7. The van der Waals surface area contributed by atoms with Crippen molar-refractivity contribution in [1.29, 1.82) is 0 Å². The van der Waals surface area contributed by atoms with Crippen molar-refractivity contribution in [2.45, 2.75) is 12.5 Å². The molecule has 6 heteroatoms. The fourth-order valence-corrected chi connectivity index (χ4v) is 1.57. The highest BCUT2D eigenvalue weighted by molar-refractivity contribution is 5.91. The molecule has 86 valence electrons. The van der Waals surface area contributed by atoms with Crippen molar-refractivity contribution in [3.05, 3.63) is 18.0 Å². The molecule has 0 radical (unpaired) electrons. The molecule has 16 heavy (non-hydrogen) atoms. The monoisotopic (exact) mass is 224 g/mol. The van der Waals surface area contributed by atoms with E-state index in [4.69, 9.17) is 15.2 Å². The van der Waals surface area contributed by atoms with Gasteiger partial charge in [-0.3, -0.25) is 0 Å². The summed E-state index contributed by atoms with van der Waals surface area (Å²) in [4.78, 5) is 22.8. The third-order valence-corrected chi connectivity index (χ3v) is 2.37. The zero-order chi connectivity index (χ0) is 11.7. The minimum atomic E-state index is -0.788. The van der Waals surface area contributed by atoms with Gasteiger partial charge in [0.25, 0.3) is 0 Å². The fraction of sp³-hybridized carbons (Fsp3) is 0.400. The third-order valence-electron chi connectivity index (χ3n) is 2.37. The number of nitrogen functional groups attached to an aromatic ring is 1. The lowest BCUT2D eigenvalue weighted by atomic mass is 10.3. The van der Waals surface area contributed by atoms with Crippen molar-refractivity contribution < 1.29 is 19.1 Å². The minimum Gasteiger partial charge on any atom is -0.463 e. The molecule has 2 N–H and O–H groups in total. The number of rotatable bonds is 2. The van der Waals surface area contributed by atoms with Crippen LogP contribution in [0.25, 0.3) is 0 Å². The number of carbonyl (C=O) groups excluding carboxylic acids is 2. The topological polar surface area (TPSA) is 83.6 Å². The number of nitrogens with zero attached hydrogens (tertiary/aromatic N) is 1. The number of anilines is 1. The van der Waals surface area contributed by atoms with E-state index >= 15 is 0 Å². The summed E-state index contributed by atoms with van der Waals surface area (Å²) in [6, 6.07) is 1.50. The lowest BCUT2D eigenvalue weighted by molar-refractivity contribution is -0.145. The normalized spacial score (nSPS) is 19.6. The Morgan fingerprint density at radius 1 is 1.69 bits per heavy atom. The van der Waals surface area contributed by atoms with Gasteiger partial charge < -0.3 is 19.8 Å². The van der Waals surface area contributed by atoms with E-state index in [0.29, 0.717) is 24.4 Å². The van der Waals surface area contributed by atoms with E-state index in [1.54, 1.807) is 17.8 Å². The van der Waals surface area contributed by atoms with Crippen LogP contribution in [0.15, 0.2) is 12.3 Å². The molecule has 1 aromatic heterocycles. The molecule has 1 saturated heterocycles. The van der Waals surface area contributed by atoms with Crippen LogP contribution in [0.1, 0.15) is 16.9 Å². The number of aromatic nitrogens is 1. The molecule has 0 aromatic carbocycles. The van der Waals surface area contributed by atoms with E-state index in [-0.39, 0.29) is 0 Å². The summed E-state index contributed by atoms with van der Waals surface area (Å²) in [6.45, 7) is 0.298. The SMILES string of the molecule is Cn1cc(N)cc1C(=O)OC1CCOC1=O. The average Bonchev–Trinajstić information content (AvgIpc) is 2.74. The number of esters is 2. The second-order valence-electron chi connectivity index (χ2n) is 3.62. The number of hydrogen-bond acceptors (Lipinski definition) is 5. The molecule has 0 saturated carbocycles. The highest BCUT2D eigenvalue weighted by Crippen LogP contribution is 2.15. The number of ether oxygens (including phenoxy) is 2. The van der Waals surface area contributed by atoms with Gasteiger partial charge in [0.1, 0.15) is 5.69 Å². The predicted octanol–water partition coefficient (Wildman–Crippen LogP) is 0.0796. The second kappa shape index (κ2) is 3.88. The summed E-state index contributed by atoms with van der Waals surface area (Å²) in [5.74, 6) is -1.06. The smallest absolute Gasteiger partial charge is 0.355 e. The van der Waals surface area contributed by atoms with Crippen molar-refractivity contribution in [3.8, 4) is 0 Å². The first kappa shape index (κ1) is 10.5. The van der Waals surface area contributed by atoms with Crippen LogP contribution in [0.3, 0.4) is 0 Å². The van der Waals surface area contributed by atoms with Gasteiger partial charge in [-0.1, -0.05) is 0 Å². The van der Waals surface area contributed by atoms with Crippen LogP contribution in [-0.2, 0) is 21.3 Å². The molecule has 1 fully saturated rings. The minimum absolute atomic E-state index is 0.298. The van der Waals surface area contributed by atoms with E-state index in [0.717, 1.165) is 0 Å². The van der Waals surface area contributed by atoms with Gasteiger partial charge in [-0.15, -0.1) is 0 Å². The molecule has 1 aliphatic heterocycles. The molecule has 0 amide bonds. The quantitative estimate of drug-likeness (QED) is 0.719. The van der Waals surface area contributed by atoms with Crippen LogP contribution in [-0.4, -0.2) is 29.2 Å². The molecule has 0 aliphatic carbocycles. The van der Waals surface area contributed by atoms with Gasteiger partial charge >= 0.3 is 11.9 Å². The zero-order valence-corrected chi connectivity index (χ0v) is 8.80. The van der Waals surface area contributed by atoms with E-state index in [2.05, 4.69) is 0 Å². The van der Waals surface area contributed by atoms with Gasteiger partial charge in [0.05, 0.1) is 12.3 Å². The van der Waals surface area contributed by atoms with Gasteiger partial charge in [0.2, 0.25) is 6.10 Å². The van der Waals surface area contributed by atoms with Gasteiger partial charge in [0, 0.05) is 19.7 Å². The summed E-state index contributed by atoms with van der Waals surface area (Å²) >= 11 is 0. The van der Waals surface area contributed by atoms with Gasteiger partial charge in [-0.05, 0) is 6.07 Å². The Balaban J connectivity index is 2.08. The second-order valence-corrected chi connectivity index (χ2v) is 3.62. The predicted molar refractivity (Wildman–Crippen MR) is 54.6 cm³/mol. The largest absolute Gasteiger partial charge is 0.463 e. The van der Waals surface area contributed by atoms with Gasteiger partial charge in [-0.25, -0.2) is 9.59 Å². The standard InChI is InChI=1S/C10H12N2O4/c1-12-5-6(11)4-7(12)9(13)16-8-2-3-15-10(8)14/h4-5,8H,2-3,11H2,1H3. The van der Waals surface area contributed by atoms with E-state index in [9.17, 15) is 9.59 Å². The number of cyclic esters (lactones) is 1. The molecule has 1 aromatic rings. The van der Waals surface area contributed by atoms with Crippen molar-refractivity contribution in [1.82, 2.24) is 4.57 Å². The summed E-state index contributed by atoms with van der Waals surface area (Å²) in [6.07, 6.45) is 1.22. The van der Waals surface area contributed by atoms with Crippen molar-refractivity contribution in [3.63, 3.8) is 0 Å². The molecular formula is C10H12N2O4. The van der Waals surface area contributed by atoms with Crippen LogP contribution >= 0.6 is 0 Å². The number of aryl methyl sites for hydroxylation is 1. The van der Waals surface area contributed by atoms with Crippen LogP contribution in [0.2, 0.25) is 0 Å². The summed E-state index contributed by atoms with van der Waals surface area (Å²) in [5.41, 5.74) is 6.32. The molecule has 2 rings (SSSR count). The first-order valence-corrected chi connectivity index (χ1v) is 4.87. The Morgan fingerprint density at radius 3 is 2.94 bits per heavy atom. The van der Waals surface area contributed by atoms with Gasteiger partial charge in [-0.2, -0.15) is 0 Å². The van der Waals surface area contributed by atoms with Crippen LogP contribution in [0, 0.1) is 0 Å². The van der Waals surface area contributed by atoms with E-state index in [1.165, 1.54) is 6.07 Å². The summed E-state index contributed by atoms with van der Waals surface area (Å²) < 4.78 is 11.3. The number of nitrogens with two attached hydrogens (primary N) is 1. The maximum Gasteiger partial charge on any atom is 0.355 e. The summed E-state index contributed by atoms with van der Waals surface area (Å²) in [7, 11) is 1.68. The Kier molecular flexibility index (Phi) is 2.55. The molecule has 1 aliphatic rings. The van der Waals surface area contributed by atoms with Crippen molar-refractivity contribution >= 4 is 17.6 Å². The third kappa shape index (κ3) is 1.86. The average molecular weight is 224 g/mol. The van der Waals surface area contributed by atoms with Crippen LogP contribution in [0.4, 0.5) is 5.69 Å². The molecule has 6 nitrogen and oxygen atoms in total. The lowest BCUT2D eigenvalue weighted by Gasteiger charge is -2.08.